The van der Waals surface area contributed by atoms with Gasteiger partial charge in [-0.2, -0.15) is 0 Å². The predicted molar refractivity (Wildman–Crippen MR) is 84.7 cm³/mol. The average Bonchev–Trinajstić information content (AvgIpc) is 2.59. The van der Waals surface area contributed by atoms with Crippen LogP contribution in [0.5, 0.6) is 0 Å². The molecule has 0 aromatic carbocycles. The molecule has 0 bridgehead atoms. The van der Waals surface area contributed by atoms with Crippen molar-refractivity contribution in [2.24, 2.45) is 5.92 Å². The molecule has 3 heterocycles. The number of piperidine rings is 1. The van der Waals surface area contributed by atoms with Gasteiger partial charge in [0, 0.05) is 39.0 Å². The molecule has 3 aliphatic heterocycles. The number of hydrogen-bond donors (Lipinski definition) is 1. The minimum Gasteiger partial charge on any atom is -0.343 e. The molecule has 8 nitrogen and oxygen atoms in total. The average molecular weight is 336 g/mol. The zero-order chi connectivity index (χ0) is 17.4. The highest BCUT2D eigenvalue weighted by Gasteiger charge is 2.43. The van der Waals surface area contributed by atoms with Gasteiger partial charge in [0.2, 0.25) is 23.6 Å². The molecule has 1 N–H and O–H groups in total. The first-order valence-corrected chi connectivity index (χ1v) is 8.53. The molecule has 24 heavy (non-hydrogen) atoms. The third-order valence-electron chi connectivity index (χ3n) is 5.30. The highest BCUT2D eigenvalue weighted by molar-refractivity contribution is 5.97. The fourth-order valence-corrected chi connectivity index (χ4v) is 3.79. The molecule has 2 unspecified atom stereocenters. The van der Waals surface area contributed by atoms with Crippen molar-refractivity contribution in [3.63, 3.8) is 0 Å². The quantitative estimate of drug-likeness (QED) is 0.651. The second-order valence-corrected chi connectivity index (χ2v) is 6.84. The van der Waals surface area contributed by atoms with Gasteiger partial charge < -0.3 is 20.0 Å². The van der Waals surface area contributed by atoms with Crippen molar-refractivity contribution in [3.8, 4) is 0 Å². The Labute approximate surface area is 141 Å². The highest BCUT2D eigenvalue weighted by atomic mass is 16.2. The van der Waals surface area contributed by atoms with Gasteiger partial charge in [-0.05, 0) is 19.8 Å². The van der Waals surface area contributed by atoms with E-state index in [9.17, 15) is 19.2 Å². The molecule has 2 atom stereocenters. The second-order valence-electron chi connectivity index (χ2n) is 6.84. The molecule has 0 saturated carbocycles. The summed E-state index contributed by atoms with van der Waals surface area (Å²) < 4.78 is 0. The van der Waals surface area contributed by atoms with Crippen molar-refractivity contribution in [1.82, 2.24) is 20.0 Å². The molecule has 3 saturated heterocycles. The van der Waals surface area contributed by atoms with Crippen molar-refractivity contribution >= 4 is 23.6 Å². The first-order chi connectivity index (χ1) is 11.4. The smallest absolute Gasteiger partial charge is 0.245 e. The molecule has 0 aromatic heterocycles. The molecular formula is C16H24N4O4. The monoisotopic (exact) mass is 336 g/mol. The van der Waals surface area contributed by atoms with E-state index in [1.54, 1.807) is 28.5 Å². The third kappa shape index (κ3) is 2.97. The maximum absolute atomic E-state index is 12.7. The van der Waals surface area contributed by atoms with Gasteiger partial charge in [0.05, 0.1) is 6.54 Å². The molecule has 3 fully saturated rings. The highest BCUT2D eigenvalue weighted by Crippen LogP contribution is 2.23. The lowest BCUT2D eigenvalue weighted by molar-refractivity contribution is -0.156. The number of fused-ring (bicyclic) bond motifs is 1. The topological polar surface area (TPSA) is 90.0 Å². The van der Waals surface area contributed by atoms with Crippen LogP contribution in [0.1, 0.15) is 26.7 Å². The summed E-state index contributed by atoms with van der Waals surface area (Å²) in [5.41, 5.74) is 0. The van der Waals surface area contributed by atoms with E-state index in [0.717, 1.165) is 0 Å². The van der Waals surface area contributed by atoms with E-state index in [0.29, 0.717) is 39.0 Å². The number of rotatable bonds is 1. The van der Waals surface area contributed by atoms with Crippen molar-refractivity contribution in [1.29, 1.82) is 0 Å². The van der Waals surface area contributed by atoms with Crippen LogP contribution >= 0.6 is 0 Å². The normalized spacial score (nSPS) is 28.5. The summed E-state index contributed by atoms with van der Waals surface area (Å²) in [6.45, 7) is 5.55. The van der Waals surface area contributed by atoms with Crippen LogP contribution in [0.4, 0.5) is 0 Å². The minimum atomic E-state index is -0.580. The van der Waals surface area contributed by atoms with Gasteiger partial charge >= 0.3 is 0 Å². The summed E-state index contributed by atoms with van der Waals surface area (Å²) >= 11 is 0. The van der Waals surface area contributed by atoms with Crippen LogP contribution in [0, 0.1) is 5.92 Å². The van der Waals surface area contributed by atoms with E-state index in [1.165, 1.54) is 0 Å². The Kier molecular flexibility index (Phi) is 4.47. The number of hydrogen-bond acceptors (Lipinski definition) is 4. The summed E-state index contributed by atoms with van der Waals surface area (Å²) in [4.78, 5) is 53.5. The molecule has 4 amide bonds. The maximum atomic E-state index is 12.7. The van der Waals surface area contributed by atoms with Gasteiger partial charge in [0.1, 0.15) is 12.1 Å². The Morgan fingerprint density at radius 2 is 1.71 bits per heavy atom. The van der Waals surface area contributed by atoms with E-state index in [-0.39, 0.29) is 36.1 Å². The largest absolute Gasteiger partial charge is 0.343 e. The fraction of sp³-hybridized carbons (Fsp3) is 0.750. The molecule has 0 spiro atoms. The molecule has 8 heteroatoms. The Morgan fingerprint density at radius 3 is 2.33 bits per heavy atom. The van der Waals surface area contributed by atoms with Crippen LogP contribution in [0.3, 0.4) is 0 Å². The van der Waals surface area contributed by atoms with Gasteiger partial charge in [-0.3, -0.25) is 19.2 Å². The molecule has 0 radical (unpaired) electrons. The van der Waals surface area contributed by atoms with Crippen molar-refractivity contribution in [3.05, 3.63) is 0 Å². The Morgan fingerprint density at radius 1 is 1.04 bits per heavy atom. The van der Waals surface area contributed by atoms with Gasteiger partial charge in [0.15, 0.2) is 0 Å². The van der Waals surface area contributed by atoms with E-state index in [2.05, 4.69) is 5.32 Å². The van der Waals surface area contributed by atoms with Crippen LogP contribution in [-0.4, -0.2) is 83.1 Å². The van der Waals surface area contributed by atoms with E-state index in [4.69, 9.17) is 0 Å². The Bertz CT molecular complexity index is 570. The molecular weight excluding hydrogens is 312 g/mol. The van der Waals surface area contributed by atoms with Gasteiger partial charge in [-0.25, -0.2) is 0 Å². The van der Waals surface area contributed by atoms with Crippen molar-refractivity contribution < 1.29 is 19.2 Å². The number of carbonyl (C=O) groups excluding carboxylic acids is 4. The number of nitrogens with one attached hydrogen (secondary N) is 1. The zero-order valence-corrected chi connectivity index (χ0v) is 14.2. The zero-order valence-electron chi connectivity index (χ0n) is 14.2. The standard InChI is InChI=1S/C16H24N4O4/c1-10-15(23)20-8-7-19(9-13(20)14(22)17-10)16(24)12-3-5-18(6-4-12)11(2)21/h10,12-13H,3-9H2,1-2H3,(H,17,22). The number of nitrogens with zero attached hydrogens (tertiary/aromatic N) is 3. The van der Waals surface area contributed by atoms with Gasteiger partial charge in [0.25, 0.3) is 0 Å². The van der Waals surface area contributed by atoms with Crippen LogP contribution in [0.15, 0.2) is 0 Å². The Balaban J connectivity index is 1.61. The summed E-state index contributed by atoms with van der Waals surface area (Å²) in [7, 11) is 0. The maximum Gasteiger partial charge on any atom is 0.245 e. The van der Waals surface area contributed by atoms with Crippen LogP contribution < -0.4 is 5.32 Å². The summed E-state index contributed by atoms with van der Waals surface area (Å²) in [5, 5.41) is 2.67. The van der Waals surface area contributed by atoms with Gasteiger partial charge in [-0.1, -0.05) is 0 Å². The lowest BCUT2D eigenvalue weighted by Gasteiger charge is -2.45. The third-order valence-corrected chi connectivity index (χ3v) is 5.30. The first kappa shape index (κ1) is 16.7. The van der Waals surface area contributed by atoms with Crippen molar-refractivity contribution in [2.75, 3.05) is 32.7 Å². The number of likely N-dealkylation sites (tertiary alicyclic amines) is 1. The molecule has 0 aromatic rings. The lowest BCUT2D eigenvalue weighted by atomic mass is 9.94. The molecule has 132 valence electrons. The second kappa shape index (κ2) is 6.41. The molecule has 3 aliphatic rings. The minimum absolute atomic E-state index is 0.0386. The molecule has 0 aliphatic carbocycles. The number of carbonyl (C=O) groups is 4. The number of amides is 4. The van der Waals surface area contributed by atoms with E-state index in [1.807, 2.05) is 0 Å². The summed E-state index contributed by atoms with van der Waals surface area (Å²) in [5.74, 6) is -0.293. The molecule has 3 rings (SSSR count). The van der Waals surface area contributed by atoms with Crippen LogP contribution in [0.2, 0.25) is 0 Å². The lowest BCUT2D eigenvalue weighted by Crippen LogP contribution is -2.69. The van der Waals surface area contributed by atoms with Gasteiger partial charge in [-0.15, -0.1) is 0 Å². The summed E-state index contributed by atoms with van der Waals surface area (Å²) in [6, 6.07) is -1.07. The fourth-order valence-electron chi connectivity index (χ4n) is 3.79. The SMILES string of the molecule is CC(=O)N1CCC(C(=O)N2CCN3C(=O)C(C)NC(=O)C3C2)CC1. The number of piperazine rings is 2. The van der Waals surface area contributed by atoms with E-state index < -0.39 is 12.1 Å². The predicted octanol–water partition coefficient (Wildman–Crippen LogP) is -1.20. The van der Waals surface area contributed by atoms with Crippen molar-refractivity contribution in [2.45, 2.75) is 38.8 Å². The Hall–Kier alpha value is -2.12. The van der Waals surface area contributed by atoms with E-state index >= 15 is 0 Å². The first-order valence-electron chi connectivity index (χ1n) is 8.53. The summed E-state index contributed by atoms with van der Waals surface area (Å²) in [6.07, 6.45) is 1.32. The van der Waals surface area contributed by atoms with Crippen LogP contribution in [-0.2, 0) is 19.2 Å². The van der Waals surface area contributed by atoms with Crippen LogP contribution in [0.25, 0.3) is 0 Å².